The Morgan fingerprint density at radius 2 is 2.05 bits per heavy atom. The lowest BCUT2D eigenvalue weighted by molar-refractivity contribution is 0.550. The summed E-state index contributed by atoms with van der Waals surface area (Å²) in [4.78, 5) is 2.36. The van der Waals surface area contributed by atoms with Crippen LogP contribution in [0.4, 0.5) is 5.69 Å². The van der Waals surface area contributed by atoms with Crippen LogP contribution < -0.4 is 4.90 Å². The fourth-order valence-corrected chi connectivity index (χ4v) is 3.02. The van der Waals surface area contributed by atoms with Gasteiger partial charge in [-0.15, -0.1) is 0 Å². The highest BCUT2D eigenvalue weighted by atomic mass is 35.5. The van der Waals surface area contributed by atoms with E-state index in [0.29, 0.717) is 10.6 Å². The maximum Gasteiger partial charge on any atom is 0.101 e. The summed E-state index contributed by atoms with van der Waals surface area (Å²) in [6, 6.07) is 5.99. The highest BCUT2D eigenvalue weighted by Crippen LogP contribution is 2.41. The van der Waals surface area contributed by atoms with Crippen LogP contribution in [0, 0.1) is 11.3 Å². The van der Waals surface area contributed by atoms with Crippen LogP contribution in [0.5, 0.6) is 0 Å². The van der Waals surface area contributed by atoms with Crippen molar-refractivity contribution in [3.63, 3.8) is 0 Å². The Morgan fingerprint density at radius 3 is 2.63 bits per heavy atom. The van der Waals surface area contributed by atoms with Crippen molar-refractivity contribution in [1.82, 2.24) is 0 Å². The maximum absolute atomic E-state index is 9.11. The molecule has 1 aromatic carbocycles. The average molecular weight is 275 g/mol. The van der Waals surface area contributed by atoms with Crippen LogP contribution >= 0.6 is 11.6 Å². The van der Waals surface area contributed by atoms with E-state index in [-0.39, 0.29) is 5.54 Å². The van der Waals surface area contributed by atoms with Crippen LogP contribution in [0.3, 0.4) is 0 Å². The first-order valence-corrected chi connectivity index (χ1v) is 6.99. The molecular formula is C16H19ClN2. The van der Waals surface area contributed by atoms with E-state index in [1.165, 1.54) is 5.57 Å². The molecule has 0 aliphatic carbocycles. The Kier molecular flexibility index (Phi) is 3.60. The molecule has 1 aliphatic rings. The fraction of sp³-hybridized carbons (Fsp3) is 0.438. The van der Waals surface area contributed by atoms with Gasteiger partial charge in [0.25, 0.3) is 0 Å². The normalized spacial score (nSPS) is 16.6. The predicted molar refractivity (Wildman–Crippen MR) is 81.5 cm³/mol. The molecule has 1 heterocycles. The van der Waals surface area contributed by atoms with Crippen molar-refractivity contribution in [2.24, 2.45) is 0 Å². The number of hydrogen-bond acceptors (Lipinski definition) is 2. The number of anilines is 1. The molecule has 0 bridgehead atoms. The molecule has 1 aliphatic heterocycles. The van der Waals surface area contributed by atoms with Crippen molar-refractivity contribution in [1.29, 1.82) is 5.26 Å². The molecule has 0 amide bonds. The van der Waals surface area contributed by atoms with E-state index in [4.69, 9.17) is 16.9 Å². The molecule has 0 saturated heterocycles. The van der Waals surface area contributed by atoms with E-state index in [1.54, 1.807) is 0 Å². The molecule has 2 nitrogen and oxygen atoms in total. The van der Waals surface area contributed by atoms with Gasteiger partial charge in [-0.3, -0.25) is 0 Å². The highest BCUT2D eigenvalue weighted by Gasteiger charge is 2.31. The number of benzene rings is 1. The van der Waals surface area contributed by atoms with E-state index in [9.17, 15) is 0 Å². The molecule has 100 valence electrons. The van der Waals surface area contributed by atoms with Gasteiger partial charge in [0.05, 0.1) is 16.1 Å². The van der Waals surface area contributed by atoms with E-state index < -0.39 is 0 Å². The molecule has 3 heteroatoms. The summed E-state index contributed by atoms with van der Waals surface area (Å²) in [5.41, 5.74) is 3.99. The summed E-state index contributed by atoms with van der Waals surface area (Å²) in [6.45, 7) is 9.67. The highest BCUT2D eigenvalue weighted by molar-refractivity contribution is 6.32. The summed E-state index contributed by atoms with van der Waals surface area (Å²) in [5, 5.41) is 9.65. The molecular weight excluding hydrogens is 256 g/mol. The summed E-state index contributed by atoms with van der Waals surface area (Å²) in [7, 11) is 0. The fourth-order valence-electron chi connectivity index (χ4n) is 2.82. The van der Waals surface area contributed by atoms with Crippen molar-refractivity contribution >= 4 is 22.9 Å². The number of nitrogens with zero attached hydrogens (tertiary/aromatic N) is 2. The third-order valence-electron chi connectivity index (χ3n) is 3.63. The summed E-state index contributed by atoms with van der Waals surface area (Å²) >= 11 is 6.20. The minimum Gasteiger partial charge on any atom is -0.362 e. The lowest BCUT2D eigenvalue weighted by Crippen LogP contribution is -2.45. The number of allylic oxidation sites excluding steroid dienone is 1. The summed E-state index contributed by atoms with van der Waals surface area (Å²) < 4.78 is 0. The number of fused-ring (bicyclic) bond motifs is 1. The predicted octanol–water partition coefficient (Wildman–Crippen LogP) is 4.62. The van der Waals surface area contributed by atoms with E-state index in [0.717, 1.165) is 24.2 Å². The van der Waals surface area contributed by atoms with Crippen LogP contribution in [0.15, 0.2) is 18.2 Å². The summed E-state index contributed by atoms with van der Waals surface area (Å²) in [5.74, 6) is 0. The van der Waals surface area contributed by atoms with Gasteiger partial charge in [-0.25, -0.2) is 0 Å². The zero-order valence-electron chi connectivity index (χ0n) is 11.9. The van der Waals surface area contributed by atoms with Crippen LogP contribution in [0.25, 0.3) is 5.57 Å². The molecule has 0 spiro atoms. The molecule has 0 radical (unpaired) electrons. The second-order valence-corrected chi connectivity index (χ2v) is 6.00. The molecule has 0 unspecified atom stereocenters. The molecule has 0 N–H and O–H groups in total. The topological polar surface area (TPSA) is 27.0 Å². The largest absolute Gasteiger partial charge is 0.362 e. The van der Waals surface area contributed by atoms with Crippen molar-refractivity contribution < 1.29 is 0 Å². The Balaban J connectivity index is 2.66. The van der Waals surface area contributed by atoms with Gasteiger partial charge in [0.1, 0.15) is 6.07 Å². The van der Waals surface area contributed by atoms with E-state index in [1.807, 2.05) is 12.1 Å². The number of halogens is 1. The molecule has 19 heavy (non-hydrogen) atoms. The molecule has 0 aromatic heterocycles. The average Bonchev–Trinajstić information content (AvgIpc) is 2.33. The van der Waals surface area contributed by atoms with Crippen LogP contribution in [0.2, 0.25) is 5.02 Å². The third-order valence-corrected chi connectivity index (χ3v) is 3.95. The van der Waals surface area contributed by atoms with Crippen molar-refractivity contribution in [3.8, 4) is 6.07 Å². The Hall–Kier alpha value is -1.46. The number of hydrogen-bond donors (Lipinski definition) is 0. The van der Waals surface area contributed by atoms with Gasteiger partial charge in [-0.2, -0.15) is 5.26 Å². The maximum atomic E-state index is 9.11. The monoisotopic (exact) mass is 274 g/mol. The molecule has 2 rings (SSSR count). The second-order valence-electron chi connectivity index (χ2n) is 5.59. The Morgan fingerprint density at radius 1 is 1.37 bits per heavy atom. The van der Waals surface area contributed by atoms with E-state index >= 15 is 0 Å². The number of nitriles is 1. The van der Waals surface area contributed by atoms with Gasteiger partial charge in [-0.05, 0) is 44.9 Å². The van der Waals surface area contributed by atoms with Crippen LogP contribution in [-0.4, -0.2) is 12.1 Å². The Labute approximate surface area is 120 Å². The smallest absolute Gasteiger partial charge is 0.101 e. The zero-order valence-corrected chi connectivity index (χ0v) is 12.7. The quantitative estimate of drug-likeness (QED) is 0.787. The lowest BCUT2D eigenvalue weighted by Gasteiger charge is -2.43. The van der Waals surface area contributed by atoms with E-state index in [2.05, 4.69) is 44.7 Å². The van der Waals surface area contributed by atoms with Gasteiger partial charge in [-0.1, -0.05) is 24.6 Å². The third kappa shape index (κ3) is 2.35. The molecule has 0 fully saturated rings. The lowest BCUT2D eigenvalue weighted by atomic mass is 9.88. The zero-order chi connectivity index (χ0) is 14.2. The molecule has 1 aromatic rings. The molecule has 0 atom stereocenters. The van der Waals surface area contributed by atoms with Crippen molar-refractivity contribution in [3.05, 3.63) is 34.4 Å². The first kappa shape index (κ1) is 14.0. The SMILES string of the molecule is CCCN1c2cc(Cl)c(C#N)cc2C(C)=CC1(C)C. The van der Waals surface area contributed by atoms with Gasteiger partial charge < -0.3 is 4.90 Å². The second kappa shape index (κ2) is 4.90. The first-order valence-electron chi connectivity index (χ1n) is 6.62. The van der Waals surface area contributed by atoms with Gasteiger partial charge >= 0.3 is 0 Å². The van der Waals surface area contributed by atoms with Gasteiger partial charge in [0.2, 0.25) is 0 Å². The minimum atomic E-state index is -0.0232. The van der Waals surface area contributed by atoms with Gasteiger partial charge in [0, 0.05) is 17.8 Å². The summed E-state index contributed by atoms with van der Waals surface area (Å²) in [6.07, 6.45) is 3.34. The van der Waals surface area contributed by atoms with Crippen LogP contribution in [0.1, 0.15) is 45.2 Å². The van der Waals surface area contributed by atoms with Crippen molar-refractivity contribution in [2.45, 2.75) is 39.7 Å². The van der Waals surface area contributed by atoms with Gasteiger partial charge in [0.15, 0.2) is 0 Å². The minimum absolute atomic E-state index is 0.0232. The van der Waals surface area contributed by atoms with Crippen LogP contribution in [-0.2, 0) is 0 Å². The Bertz CT molecular complexity index is 579. The van der Waals surface area contributed by atoms with Crippen molar-refractivity contribution in [2.75, 3.05) is 11.4 Å². The standard InChI is InChI=1S/C16H19ClN2/c1-5-6-19-15-8-14(17)12(10-18)7-13(15)11(2)9-16(19,3)4/h7-9H,5-6H2,1-4H3. The first-order chi connectivity index (χ1) is 8.90. The number of rotatable bonds is 2. The molecule has 0 saturated carbocycles.